The summed E-state index contributed by atoms with van der Waals surface area (Å²) in [4.78, 5) is 0. The van der Waals surface area contributed by atoms with Gasteiger partial charge < -0.3 is 10.1 Å². The van der Waals surface area contributed by atoms with Gasteiger partial charge in [0.25, 0.3) is 0 Å². The minimum absolute atomic E-state index is 0.441. The van der Waals surface area contributed by atoms with Crippen LogP contribution in [0.5, 0.6) is 11.5 Å². The van der Waals surface area contributed by atoms with E-state index in [9.17, 15) is 0 Å². The Morgan fingerprint density at radius 1 is 1.19 bits per heavy atom. The van der Waals surface area contributed by atoms with Crippen LogP contribution in [-0.2, 0) is 6.54 Å². The zero-order valence-corrected chi connectivity index (χ0v) is 13.3. The standard InChI is InChI=1S/C17H17Cl2NO/c1-11-9-14(8-5-12(11)10-20-13-6-7-13)21-16-4-2-3-15(18)17(16)19/h2-5,8-9,13,20H,6-7,10H2,1H3. The molecule has 0 heterocycles. The van der Waals surface area contributed by atoms with Crippen molar-refractivity contribution in [2.45, 2.75) is 32.4 Å². The van der Waals surface area contributed by atoms with Gasteiger partial charge in [0.1, 0.15) is 16.5 Å². The maximum atomic E-state index is 6.14. The summed E-state index contributed by atoms with van der Waals surface area (Å²) < 4.78 is 5.83. The van der Waals surface area contributed by atoms with Crippen LogP contribution in [0.15, 0.2) is 36.4 Å². The van der Waals surface area contributed by atoms with E-state index < -0.39 is 0 Å². The Balaban J connectivity index is 1.73. The zero-order valence-electron chi connectivity index (χ0n) is 11.8. The first kappa shape index (κ1) is 14.7. The number of benzene rings is 2. The highest BCUT2D eigenvalue weighted by Gasteiger charge is 2.20. The molecule has 1 saturated carbocycles. The molecule has 1 aliphatic rings. The van der Waals surface area contributed by atoms with Gasteiger partial charge in [-0.15, -0.1) is 0 Å². The van der Waals surface area contributed by atoms with Crippen molar-refractivity contribution in [3.05, 3.63) is 57.6 Å². The first-order valence-corrected chi connectivity index (χ1v) is 7.84. The molecule has 2 aromatic rings. The molecule has 1 N–H and O–H groups in total. The van der Waals surface area contributed by atoms with Crippen molar-refractivity contribution in [3.63, 3.8) is 0 Å². The lowest BCUT2D eigenvalue weighted by Gasteiger charge is -2.12. The number of rotatable bonds is 5. The molecule has 0 atom stereocenters. The summed E-state index contributed by atoms with van der Waals surface area (Å²) >= 11 is 12.1. The van der Waals surface area contributed by atoms with Gasteiger partial charge in [-0.25, -0.2) is 0 Å². The summed E-state index contributed by atoms with van der Waals surface area (Å²) in [7, 11) is 0. The van der Waals surface area contributed by atoms with Crippen LogP contribution in [0.25, 0.3) is 0 Å². The van der Waals surface area contributed by atoms with E-state index in [1.54, 1.807) is 6.07 Å². The highest BCUT2D eigenvalue weighted by atomic mass is 35.5. The average Bonchev–Trinajstić information content (AvgIpc) is 3.27. The molecule has 110 valence electrons. The summed E-state index contributed by atoms with van der Waals surface area (Å²) in [5.41, 5.74) is 2.50. The van der Waals surface area contributed by atoms with Crippen LogP contribution >= 0.6 is 23.2 Å². The number of hydrogen-bond donors (Lipinski definition) is 1. The van der Waals surface area contributed by atoms with Crippen molar-refractivity contribution in [1.29, 1.82) is 0 Å². The van der Waals surface area contributed by atoms with Gasteiger partial charge in [0.2, 0.25) is 0 Å². The van der Waals surface area contributed by atoms with E-state index in [4.69, 9.17) is 27.9 Å². The predicted octanol–water partition coefficient (Wildman–Crippen LogP) is 5.35. The quantitative estimate of drug-likeness (QED) is 0.801. The van der Waals surface area contributed by atoms with E-state index in [2.05, 4.69) is 18.3 Å². The second-order valence-corrected chi connectivity index (χ2v) is 6.18. The van der Waals surface area contributed by atoms with Gasteiger partial charge in [-0.05, 0) is 55.2 Å². The monoisotopic (exact) mass is 321 g/mol. The number of hydrogen-bond acceptors (Lipinski definition) is 2. The molecular weight excluding hydrogens is 305 g/mol. The van der Waals surface area contributed by atoms with Gasteiger partial charge in [0.15, 0.2) is 0 Å². The molecule has 0 saturated heterocycles. The molecule has 1 fully saturated rings. The van der Waals surface area contributed by atoms with E-state index >= 15 is 0 Å². The molecule has 3 rings (SSSR count). The lowest BCUT2D eigenvalue weighted by Crippen LogP contribution is -2.15. The van der Waals surface area contributed by atoms with E-state index in [1.165, 1.54) is 24.0 Å². The molecule has 2 aromatic carbocycles. The predicted molar refractivity (Wildman–Crippen MR) is 87.6 cm³/mol. The first-order chi connectivity index (χ1) is 10.1. The Hall–Kier alpha value is -1.22. The number of ether oxygens (including phenoxy) is 1. The van der Waals surface area contributed by atoms with Gasteiger partial charge in [0, 0.05) is 12.6 Å². The molecule has 0 bridgehead atoms. The molecule has 1 aliphatic carbocycles. The minimum atomic E-state index is 0.441. The smallest absolute Gasteiger partial charge is 0.147 e. The summed E-state index contributed by atoms with van der Waals surface area (Å²) in [5, 5.41) is 4.46. The van der Waals surface area contributed by atoms with Crippen molar-refractivity contribution in [2.24, 2.45) is 0 Å². The molecule has 0 spiro atoms. The van der Waals surface area contributed by atoms with E-state index in [0.717, 1.165) is 12.3 Å². The third kappa shape index (κ3) is 3.70. The van der Waals surface area contributed by atoms with Crippen LogP contribution in [0.1, 0.15) is 24.0 Å². The van der Waals surface area contributed by atoms with Crippen molar-refractivity contribution in [1.82, 2.24) is 5.32 Å². The van der Waals surface area contributed by atoms with E-state index in [0.29, 0.717) is 21.8 Å². The Labute approximate surface area is 135 Å². The first-order valence-electron chi connectivity index (χ1n) is 7.08. The topological polar surface area (TPSA) is 21.3 Å². The number of halogens is 2. The fraction of sp³-hybridized carbons (Fsp3) is 0.294. The largest absolute Gasteiger partial charge is 0.456 e. The molecule has 2 nitrogen and oxygen atoms in total. The average molecular weight is 322 g/mol. The fourth-order valence-corrected chi connectivity index (χ4v) is 2.49. The maximum absolute atomic E-state index is 6.14. The zero-order chi connectivity index (χ0) is 14.8. The van der Waals surface area contributed by atoms with E-state index in [1.807, 2.05) is 24.3 Å². The number of aryl methyl sites for hydroxylation is 1. The van der Waals surface area contributed by atoms with Crippen molar-refractivity contribution in [3.8, 4) is 11.5 Å². The summed E-state index contributed by atoms with van der Waals surface area (Å²) in [6.07, 6.45) is 2.60. The van der Waals surface area contributed by atoms with E-state index in [-0.39, 0.29) is 0 Å². The summed E-state index contributed by atoms with van der Waals surface area (Å²) in [5.74, 6) is 1.35. The molecule has 4 heteroatoms. The lowest BCUT2D eigenvalue weighted by molar-refractivity contribution is 0.482. The minimum Gasteiger partial charge on any atom is -0.456 e. The van der Waals surface area contributed by atoms with Crippen LogP contribution in [0.3, 0.4) is 0 Å². The molecule has 0 aliphatic heterocycles. The normalized spacial score (nSPS) is 14.2. The maximum Gasteiger partial charge on any atom is 0.147 e. The van der Waals surface area contributed by atoms with Gasteiger partial charge >= 0.3 is 0 Å². The van der Waals surface area contributed by atoms with Crippen LogP contribution < -0.4 is 10.1 Å². The van der Waals surface area contributed by atoms with Crippen molar-refractivity contribution >= 4 is 23.2 Å². The molecule has 0 aromatic heterocycles. The fourth-order valence-electron chi connectivity index (χ4n) is 2.16. The number of nitrogens with one attached hydrogen (secondary N) is 1. The Bertz CT molecular complexity index is 653. The van der Waals surface area contributed by atoms with Crippen LogP contribution in [-0.4, -0.2) is 6.04 Å². The Morgan fingerprint density at radius 3 is 2.71 bits per heavy atom. The second-order valence-electron chi connectivity index (χ2n) is 5.40. The summed E-state index contributed by atoms with van der Waals surface area (Å²) in [6.45, 7) is 3.01. The van der Waals surface area contributed by atoms with Gasteiger partial charge in [-0.1, -0.05) is 35.3 Å². The summed E-state index contributed by atoms with van der Waals surface area (Å²) in [6, 6.07) is 12.2. The molecule has 0 radical (unpaired) electrons. The van der Waals surface area contributed by atoms with Crippen molar-refractivity contribution < 1.29 is 4.74 Å². The Morgan fingerprint density at radius 2 is 2.00 bits per heavy atom. The molecule has 0 unspecified atom stereocenters. The van der Waals surface area contributed by atoms with Crippen molar-refractivity contribution in [2.75, 3.05) is 0 Å². The van der Waals surface area contributed by atoms with Crippen LogP contribution in [0, 0.1) is 6.92 Å². The van der Waals surface area contributed by atoms with Gasteiger partial charge in [-0.2, -0.15) is 0 Å². The van der Waals surface area contributed by atoms with Crippen LogP contribution in [0.2, 0.25) is 10.0 Å². The second kappa shape index (κ2) is 6.27. The molecular formula is C17H17Cl2NO. The van der Waals surface area contributed by atoms with Gasteiger partial charge in [-0.3, -0.25) is 0 Å². The third-order valence-electron chi connectivity index (χ3n) is 3.62. The molecule has 21 heavy (non-hydrogen) atoms. The SMILES string of the molecule is Cc1cc(Oc2cccc(Cl)c2Cl)ccc1CNC1CC1. The lowest BCUT2D eigenvalue weighted by atomic mass is 10.1. The third-order valence-corrected chi connectivity index (χ3v) is 4.42. The molecule has 0 amide bonds. The highest BCUT2D eigenvalue weighted by Crippen LogP contribution is 2.35. The Kier molecular flexibility index (Phi) is 4.39. The van der Waals surface area contributed by atoms with Crippen LogP contribution in [0.4, 0.5) is 0 Å². The van der Waals surface area contributed by atoms with Gasteiger partial charge in [0.05, 0.1) is 5.02 Å². The highest BCUT2D eigenvalue weighted by molar-refractivity contribution is 6.42.